The second kappa shape index (κ2) is 13.8. The number of hydrogen-bond acceptors (Lipinski definition) is 2. The SMILES string of the molecule is CC(C)C.CC(c1ccc(C(F)(F)F)cc1)N1CCCC(c2cc(CC(=O)O)cc(-c3ccc(C(F)(F)F)cc3)c2)C1. The van der Waals surface area contributed by atoms with Crippen LogP contribution >= 0.6 is 0 Å². The van der Waals surface area contributed by atoms with Crippen molar-refractivity contribution in [2.45, 2.75) is 71.3 Å². The summed E-state index contributed by atoms with van der Waals surface area (Å²) in [5, 5.41) is 9.36. The van der Waals surface area contributed by atoms with Crippen LogP contribution in [-0.2, 0) is 23.6 Å². The molecule has 3 aromatic rings. The molecule has 0 aromatic heterocycles. The van der Waals surface area contributed by atoms with Gasteiger partial charge in [0, 0.05) is 12.6 Å². The standard InChI is InChI=1S/C29H27F6NO2.C4H10/c1-18(20-4-8-25(9-5-20)28(30,31)32)36-12-2-3-22(17-36)24-14-19(15-27(37)38)13-23(16-24)21-6-10-26(11-7-21)29(33,34)35;1-4(2)3/h4-11,13-14,16,18,22H,2-3,12,15,17H2,1H3,(H,37,38);4H,1-3H3. The molecule has 3 nitrogen and oxygen atoms in total. The van der Waals surface area contributed by atoms with Gasteiger partial charge in [-0.3, -0.25) is 9.69 Å². The quantitative estimate of drug-likeness (QED) is 0.289. The average Bonchev–Trinajstić information content (AvgIpc) is 2.91. The summed E-state index contributed by atoms with van der Waals surface area (Å²) in [6.07, 6.45) is -7.40. The number of carbonyl (C=O) groups is 1. The van der Waals surface area contributed by atoms with Crippen molar-refractivity contribution in [1.29, 1.82) is 0 Å². The molecule has 4 rings (SSSR count). The topological polar surface area (TPSA) is 40.5 Å². The Hall–Kier alpha value is -3.33. The molecular formula is C33H37F6NO2. The summed E-state index contributed by atoms with van der Waals surface area (Å²) in [4.78, 5) is 13.6. The van der Waals surface area contributed by atoms with Crippen LogP contribution in [0, 0.1) is 5.92 Å². The molecular weight excluding hydrogens is 556 g/mol. The zero-order valence-electron chi connectivity index (χ0n) is 24.2. The molecule has 0 bridgehead atoms. The van der Waals surface area contributed by atoms with E-state index in [0.29, 0.717) is 23.2 Å². The molecule has 1 fully saturated rings. The fourth-order valence-corrected chi connectivity index (χ4v) is 5.04. The van der Waals surface area contributed by atoms with E-state index in [4.69, 9.17) is 0 Å². The number of hydrogen-bond donors (Lipinski definition) is 1. The molecule has 1 aliphatic heterocycles. The lowest BCUT2D eigenvalue weighted by Gasteiger charge is -2.37. The Morgan fingerprint density at radius 3 is 1.86 bits per heavy atom. The highest BCUT2D eigenvalue weighted by Gasteiger charge is 2.32. The molecule has 3 aromatic carbocycles. The Morgan fingerprint density at radius 2 is 1.36 bits per heavy atom. The zero-order chi connectivity index (χ0) is 31.2. The van der Waals surface area contributed by atoms with Crippen LogP contribution in [0.2, 0.25) is 0 Å². The van der Waals surface area contributed by atoms with Gasteiger partial charge in [0.05, 0.1) is 17.5 Å². The highest BCUT2D eigenvalue weighted by Crippen LogP contribution is 2.37. The minimum Gasteiger partial charge on any atom is -0.481 e. The first-order chi connectivity index (χ1) is 19.5. The highest BCUT2D eigenvalue weighted by molar-refractivity contribution is 5.73. The van der Waals surface area contributed by atoms with Crippen molar-refractivity contribution in [3.8, 4) is 11.1 Å². The molecule has 0 radical (unpaired) electrons. The van der Waals surface area contributed by atoms with Crippen molar-refractivity contribution in [3.63, 3.8) is 0 Å². The predicted molar refractivity (Wildman–Crippen MR) is 152 cm³/mol. The van der Waals surface area contributed by atoms with Crippen LogP contribution in [0.25, 0.3) is 11.1 Å². The Balaban J connectivity index is 0.00000114. The van der Waals surface area contributed by atoms with E-state index in [0.717, 1.165) is 60.7 Å². The smallest absolute Gasteiger partial charge is 0.416 e. The number of aliphatic carboxylic acids is 1. The lowest BCUT2D eigenvalue weighted by atomic mass is 9.86. The van der Waals surface area contributed by atoms with E-state index in [1.165, 1.54) is 24.3 Å². The van der Waals surface area contributed by atoms with Crippen LogP contribution in [0.5, 0.6) is 0 Å². The lowest BCUT2D eigenvalue weighted by molar-refractivity contribution is -0.138. The van der Waals surface area contributed by atoms with Gasteiger partial charge in [0.1, 0.15) is 0 Å². The zero-order valence-corrected chi connectivity index (χ0v) is 24.2. The van der Waals surface area contributed by atoms with Gasteiger partial charge >= 0.3 is 18.3 Å². The van der Waals surface area contributed by atoms with Crippen molar-refractivity contribution in [3.05, 3.63) is 94.5 Å². The molecule has 0 saturated carbocycles. The highest BCUT2D eigenvalue weighted by atomic mass is 19.4. The molecule has 0 spiro atoms. The first-order valence-electron chi connectivity index (χ1n) is 14.0. The fourth-order valence-electron chi connectivity index (χ4n) is 5.04. The van der Waals surface area contributed by atoms with E-state index >= 15 is 0 Å². The Morgan fingerprint density at radius 1 is 0.833 bits per heavy atom. The first kappa shape index (κ1) is 33.2. The van der Waals surface area contributed by atoms with Crippen molar-refractivity contribution >= 4 is 5.97 Å². The minimum atomic E-state index is -4.45. The van der Waals surface area contributed by atoms with Gasteiger partial charge in [-0.15, -0.1) is 0 Å². The Labute approximate surface area is 243 Å². The van der Waals surface area contributed by atoms with Gasteiger partial charge in [-0.1, -0.05) is 63.2 Å². The second-order valence-corrected chi connectivity index (χ2v) is 11.5. The molecule has 2 atom stereocenters. The third-order valence-corrected chi connectivity index (χ3v) is 7.11. The number of alkyl halides is 6. The lowest BCUT2D eigenvalue weighted by Crippen LogP contribution is -2.36. The molecule has 1 saturated heterocycles. The number of halogens is 6. The maximum Gasteiger partial charge on any atom is 0.416 e. The third kappa shape index (κ3) is 9.34. The van der Waals surface area contributed by atoms with Crippen molar-refractivity contribution in [2.75, 3.05) is 13.1 Å². The normalized spacial score (nSPS) is 17.0. The van der Waals surface area contributed by atoms with Gasteiger partial charge in [-0.2, -0.15) is 26.3 Å². The van der Waals surface area contributed by atoms with Gasteiger partial charge < -0.3 is 5.11 Å². The van der Waals surface area contributed by atoms with Crippen LogP contribution < -0.4 is 0 Å². The van der Waals surface area contributed by atoms with Crippen molar-refractivity contribution < 1.29 is 36.2 Å². The average molecular weight is 594 g/mol. The van der Waals surface area contributed by atoms with Gasteiger partial charge in [0.25, 0.3) is 0 Å². The van der Waals surface area contributed by atoms with E-state index in [1.54, 1.807) is 6.07 Å². The van der Waals surface area contributed by atoms with Gasteiger partial charge in [-0.05, 0) is 90.2 Å². The number of rotatable bonds is 6. The molecule has 1 heterocycles. The first-order valence-corrected chi connectivity index (χ1v) is 14.0. The summed E-state index contributed by atoms with van der Waals surface area (Å²) in [7, 11) is 0. The number of carboxylic acid groups (broad SMARTS) is 1. The fraction of sp³-hybridized carbons (Fsp3) is 0.424. The van der Waals surface area contributed by atoms with Crippen LogP contribution in [0.4, 0.5) is 26.3 Å². The summed E-state index contributed by atoms with van der Waals surface area (Å²) in [5.41, 5.74) is 1.95. The van der Waals surface area contributed by atoms with Crippen molar-refractivity contribution in [2.24, 2.45) is 5.92 Å². The number of benzene rings is 3. The Bertz CT molecular complexity index is 1310. The maximum atomic E-state index is 13.0. The molecule has 0 amide bonds. The summed E-state index contributed by atoms with van der Waals surface area (Å²) < 4.78 is 77.9. The third-order valence-electron chi connectivity index (χ3n) is 7.11. The molecule has 42 heavy (non-hydrogen) atoms. The van der Waals surface area contributed by atoms with Crippen LogP contribution in [0.15, 0.2) is 66.7 Å². The second-order valence-electron chi connectivity index (χ2n) is 11.5. The van der Waals surface area contributed by atoms with Crippen LogP contribution in [0.3, 0.4) is 0 Å². The van der Waals surface area contributed by atoms with E-state index in [-0.39, 0.29) is 18.4 Å². The van der Waals surface area contributed by atoms with Gasteiger partial charge in [-0.25, -0.2) is 0 Å². The van der Waals surface area contributed by atoms with Gasteiger partial charge in [0.2, 0.25) is 0 Å². The number of likely N-dealkylation sites (tertiary alicyclic amines) is 1. The van der Waals surface area contributed by atoms with Crippen LogP contribution in [-0.4, -0.2) is 29.1 Å². The van der Waals surface area contributed by atoms with Crippen molar-refractivity contribution in [1.82, 2.24) is 4.90 Å². The Kier molecular flexibility index (Phi) is 10.9. The molecule has 228 valence electrons. The molecule has 2 unspecified atom stereocenters. The predicted octanol–water partition coefficient (Wildman–Crippen LogP) is 9.62. The summed E-state index contributed by atoms with van der Waals surface area (Å²) in [5.74, 6) is -0.149. The largest absolute Gasteiger partial charge is 0.481 e. The molecule has 1 N–H and O–H groups in total. The van der Waals surface area contributed by atoms with E-state index in [9.17, 15) is 36.2 Å². The van der Waals surface area contributed by atoms with E-state index < -0.39 is 29.4 Å². The number of nitrogens with zero attached hydrogens (tertiary/aromatic N) is 1. The number of carboxylic acids is 1. The maximum absolute atomic E-state index is 13.0. The summed E-state index contributed by atoms with van der Waals surface area (Å²) >= 11 is 0. The van der Waals surface area contributed by atoms with Crippen LogP contribution in [0.1, 0.15) is 80.3 Å². The molecule has 0 aliphatic carbocycles. The molecule has 9 heteroatoms. The minimum absolute atomic E-state index is 0.0302. The van der Waals surface area contributed by atoms with E-state index in [2.05, 4.69) is 25.7 Å². The monoisotopic (exact) mass is 593 g/mol. The van der Waals surface area contributed by atoms with E-state index in [1.807, 2.05) is 19.1 Å². The number of piperidine rings is 1. The summed E-state index contributed by atoms with van der Waals surface area (Å²) in [6, 6.07) is 15.2. The molecule has 1 aliphatic rings. The summed E-state index contributed by atoms with van der Waals surface area (Å²) in [6.45, 7) is 9.82. The van der Waals surface area contributed by atoms with Gasteiger partial charge in [0.15, 0.2) is 0 Å².